The van der Waals surface area contributed by atoms with Crippen molar-refractivity contribution in [2.45, 2.75) is 11.8 Å². The molecule has 0 aromatic heterocycles. The van der Waals surface area contributed by atoms with Crippen molar-refractivity contribution < 1.29 is 4.79 Å². The first-order valence-corrected chi connectivity index (χ1v) is 5.76. The van der Waals surface area contributed by atoms with E-state index in [1.165, 1.54) is 5.56 Å². The SMILES string of the molecule is CC(Br)c1ccc(C=O)c2ccccc12. The summed E-state index contributed by atoms with van der Waals surface area (Å²) in [5.41, 5.74) is 1.97. The third kappa shape index (κ3) is 1.82. The minimum absolute atomic E-state index is 0.295. The van der Waals surface area contributed by atoms with Crippen LogP contribution in [0.1, 0.15) is 27.7 Å². The smallest absolute Gasteiger partial charge is 0.150 e. The number of fused-ring (bicyclic) bond motifs is 1. The number of halogens is 1. The van der Waals surface area contributed by atoms with E-state index in [1.54, 1.807) is 0 Å². The van der Waals surface area contributed by atoms with E-state index in [0.717, 1.165) is 22.6 Å². The second kappa shape index (κ2) is 4.15. The fraction of sp³-hybridized carbons (Fsp3) is 0.154. The molecule has 2 heteroatoms. The van der Waals surface area contributed by atoms with Crippen molar-refractivity contribution in [1.82, 2.24) is 0 Å². The maximum atomic E-state index is 10.9. The van der Waals surface area contributed by atoms with Crippen LogP contribution in [0.3, 0.4) is 0 Å². The van der Waals surface area contributed by atoms with E-state index in [-0.39, 0.29) is 0 Å². The molecule has 2 rings (SSSR count). The monoisotopic (exact) mass is 262 g/mol. The Balaban J connectivity index is 2.83. The topological polar surface area (TPSA) is 17.1 Å². The predicted octanol–water partition coefficient (Wildman–Crippen LogP) is 4.11. The van der Waals surface area contributed by atoms with Crippen molar-refractivity contribution in [2.75, 3.05) is 0 Å². The molecule has 15 heavy (non-hydrogen) atoms. The van der Waals surface area contributed by atoms with Gasteiger partial charge in [0.05, 0.1) is 0 Å². The number of aldehydes is 1. The van der Waals surface area contributed by atoms with Crippen LogP contribution in [0.5, 0.6) is 0 Å². The van der Waals surface area contributed by atoms with Gasteiger partial charge in [-0.15, -0.1) is 0 Å². The van der Waals surface area contributed by atoms with Gasteiger partial charge in [-0.1, -0.05) is 52.3 Å². The highest BCUT2D eigenvalue weighted by molar-refractivity contribution is 9.09. The van der Waals surface area contributed by atoms with Crippen molar-refractivity contribution in [3.63, 3.8) is 0 Å². The highest BCUT2D eigenvalue weighted by Gasteiger charge is 2.08. The molecule has 0 saturated heterocycles. The van der Waals surface area contributed by atoms with Crippen LogP contribution >= 0.6 is 15.9 Å². The lowest BCUT2D eigenvalue weighted by atomic mass is 9.99. The fourth-order valence-corrected chi connectivity index (χ4v) is 2.19. The molecule has 0 radical (unpaired) electrons. The minimum atomic E-state index is 0.295. The van der Waals surface area contributed by atoms with E-state index in [2.05, 4.69) is 28.9 Å². The van der Waals surface area contributed by atoms with Gasteiger partial charge >= 0.3 is 0 Å². The van der Waals surface area contributed by atoms with Crippen LogP contribution in [0.2, 0.25) is 0 Å². The van der Waals surface area contributed by atoms with Crippen LogP contribution < -0.4 is 0 Å². The first-order valence-electron chi connectivity index (χ1n) is 4.85. The van der Waals surface area contributed by atoms with E-state index < -0.39 is 0 Å². The first kappa shape index (κ1) is 10.4. The van der Waals surface area contributed by atoms with Crippen molar-refractivity contribution in [1.29, 1.82) is 0 Å². The zero-order chi connectivity index (χ0) is 10.8. The summed E-state index contributed by atoms with van der Waals surface area (Å²) in [6, 6.07) is 11.9. The van der Waals surface area contributed by atoms with E-state index in [1.807, 2.05) is 30.3 Å². The number of carbonyl (C=O) groups excluding carboxylic acids is 1. The van der Waals surface area contributed by atoms with Crippen LogP contribution in [0, 0.1) is 0 Å². The molecule has 0 saturated carbocycles. The van der Waals surface area contributed by atoms with Gasteiger partial charge < -0.3 is 0 Å². The number of benzene rings is 2. The maximum Gasteiger partial charge on any atom is 0.150 e. The molecule has 2 aromatic carbocycles. The predicted molar refractivity (Wildman–Crippen MR) is 66.7 cm³/mol. The van der Waals surface area contributed by atoms with Gasteiger partial charge in [0.15, 0.2) is 6.29 Å². The number of hydrogen-bond acceptors (Lipinski definition) is 1. The molecule has 0 spiro atoms. The van der Waals surface area contributed by atoms with Gasteiger partial charge in [-0.2, -0.15) is 0 Å². The summed E-state index contributed by atoms with van der Waals surface area (Å²) in [6.07, 6.45) is 0.908. The van der Waals surface area contributed by atoms with Gasteiger partial charge in [-0.05, 0) is 23.3 Å². The largest absolute Gasteiger partial charge is 0.298 e. The van der Waals surface area contributed by atoms with Gasteiger partial charge in [-0.25, -0.2) is 0 Å². The number of hydrogen-bond donors (Lipinski definition) is 0. The molecule has 0 aliphatic rings. The molecule has 76 valence electrons. The second-order valence-corrected chi connectivity index (χ2v) is 4.90. The molecule has 0 fully saturated rings. The molecule has 0 heterocycles. The Morgan fingerprint density at radius 2 is 1.80 bits per heavy atom. The molecule has 1 unspecified atom stereocenters. The number of alkyl halides is 1. The second-order valence-electron chi connectivity index (χ2n) is 3.52. The molecule has 0 amide bonds. The number of rotatable bonds is 2. The van der Waals surface area contributed by atoms with Crippen molar-refractivity contribution in [3.8, 4) is 0 Å². The summed E-state index contributed by atoms with van der Waals surface area (Å²) < 4.78 is 0. The Morgan fingerprint density at radius 1 is 1.13 bits per heavy atom. The Bertz CT molecular complexity index is 503. The van der Waals surface area contributed by atoms with E-state index >= 15 is 0 Å². The maximum absolute atomic E-state index is 10.9. The van der Waals surface area contributed by atoms with Crippen molar-refractivity contribution in [3.05, 3.63) is 47.5 Å². The van der Waals surface area contributed by atoms with Crippen molar-refractivity contribution in [2.24, 2.45) is 0 Å². The highest BCUT2D eigenvalue weighted by Crippen LogP contribution is 2.30. The molecule has 1 atom stereocenters. The van der Waals surface area contributed by atoms with Crippen LogP contribution in [0.25, 0.3) is 10.8 Å². The van der Waals surface area contributed by atoms with Gasteiger partial charge in [0.25, 0.3) is 0 Å². The quantitative estimate of drug-likeness (QED) is 0.588. The van der Waals surface area contributed by atoms with Gasteiger partial charge in [0.2, 0.25) is 0 Å². The Morgan fingerprint density at radius 3 is 2.40 bits per heavy atom. The standard InChI is InChI=1S/C13H11BrO/c1-9(14)11-7-6-10(8-15)12-4-2-3-5-13(11)12/h2-9H,1H3. The lowest BCUT2D eigenvalue weighted by molar-refractivity contribution is 0.112. The summed E-state index contributed by atoms with van der Waals surface area (Å²) in [6.45, 7) is 2.09. The summed E-state index contributed by atoms with van der Waals surface area (Å²) in [7, 11) is 0. The minimum Gasteiger partial charge on any atom is -0.298 e. The Hall–Kier alpha value is -1.15. The molecular weight excluding hydrogens is 252 g/mol. The molecule has 1 nitrogen and oxygen atoms in total. The number of carbonyl (C=O) groups is 1. The zero-order valence-electron chi connectivity index (χ0n) is 8.41. The van der Waals surface area contributed by atoms with Crippen LogP contribution in [-0.2, 0) is 0 Å². The lowest BCUT2D eigenvalue weighted by Crippen LogP contribution is -1.90. The zero-order valence-corrected chi connectivity index (χ0v) is 9.99. The summed E-state index contributed by atoms with van der Waals surface area (Å²) >= 11 is 3.56. The molecule has 0 aliphatic carbocycles. The van der Waals surface area contributed by atoms with Gasteiger partial charge in [0, 0.05) is 10.4 Å². The summed E-state index contributed by atoms with van der Waals surface area (Å²) in [5.74, 6) is 0. The average molecular weight is 263 g/mol. The molecular formula is C13H11BrO. The average Bonchev–Trinajstić information content (AvgIpc) is 2.27. The van der Waals surface area contributed by atoms with Crippen molar-refractivity contribution >= 4 is 33.0 Å². The normalized spacial score (nSPS) is 12.7. The fourth-order valence-electron chi connectivity index (χ4n) is 1.80. The van der Waals surface area contributed by atoms with E-state index in [9.17, 15) is 4.79 Å². The first-order chi connectivity index (χ1) is 7.24. The summed E-state index contributed by atoms with van der Waals surface area (Å²) in [5, 5.41) is 2.17. The van der Waals surface area contributed by atoms with Crippen LogP contribution in [0.15, 0.2) is 36.4 Å². The third-order valence-electron chi connectivity index (χ3n) is 2.55. The third-order valence-corrected chi connectivity index (χ3v) is 3.04. The lowest BCUT2D eigenvalue weighted by Gasteiger charge is -2.09. The van der Waals surface area contributed by atoms with Crippen LogP contribution in [-0.4, -0.2) is 6.29 Å². The van der Waals surface area contributed by atoms with E-state index in [4.69, 9.17) is 0 Å². The van der Waals surface area contributed by atoms with Crippen LogP contribution in [0.4, 0.5) is 0 Å². The molecule has 0 aliphatic heterocycles. The summed E-state index contributed by atoms with van der Waals surface area (Å²) in [4.78, 5) is 11.2. The Labute approximate surface area is 97.2 Å². The highest BCUT2D eigenvalue weighted by atomic mass is 79.9. The molecule has 0 bridgehead atoms. The van der Waals surface area contributed by atoms with Gasteiger partial charge in [-0.3, -0.25) is 4.79 Å². The molecule has 2 aromatic rings. The Kier molecular flexibility index (Phi) is 2.87. The molecule has 0 N–H and O–H groups in total. The van der Waals surface area contributed by atoms with Gasteiger partial charge in [0.1, 0.15) is 0 Å². The van der Waals surface area contributed by atoms with E-state index in [0.29, 0.717) is 4.83 Å².